The molecule has 2 aromatic rings. The smallest absolute Gasteiger partial charge is 0.294 e. The molecule has 0 aliphatic carbocycles. The van der Waals surface area contributed by atoms with Gasteiger partial charge in [0.25, 0.3) is 5.91 Å². The van der Waals surface area contributed by atoms with Crippen LogP contribution in [0.15, 0.2) is 41.3 Å². The lowest BCUT2D eigenvalue weighted by atomic mass is 10.2. The maximum Gasteiger partial charge on any atom is 0.446 e. The van der Waals surface area contributed by atoms with Crippen LogP contribution in [0.2, 0.25) is 10.0 Å². The third-order valence-electron chi connectivity index (χ3n) is 3.57. The van der Waals surface area contributed by atoms with Crippen molar-refractivity contribution in [2.45, 2.75) is 10.4 Å². The zero-order chi connectivity index (χ0) is 21.2. The van der Waals surface area contributed by atoms with Crippen LogP contribution >= 0.6 is 35.0 Å². The van der Waals surface area contributed by atoms with E-state index in [1.807, 2.05) is 0 Å². The van der Waals surface area contributed by atoms with Gasteiger partial charge in [-0.15, -0.1) is 0 Å². The lowest BCUT2D eigenvalue weighted by molar-refractivity contribution is -0.0328. The van der Waals surface area contributed by atoms with Gasteiger partial charge < -0.3 is 0 Å². The van der Waals surface area contributed by atoms with Gasteiger partial charge in [-0.05, 0) is 42.1 Å². The Balaban J connectivity index is 2.25. The minimum atomic E-state index is -4.57. The minimum absolute atomic E-state index is 0.0273. The van der Waals surface area contributed by atoms with Gasteiger partial charge in [0.1, 0.15) is 5.82 Å². The van der Waals surface area contributed by atoms with E-state index in [9.17, 15) is 27.2 Å². The van der Waals surface area contributed by atoms with Crippen LogP contribution in [0.3, 0.4) is 0 Å². The van der Waals surface area contributed by atoms with Gasteiger partial charge in [0.05, 0.1) is 21.3 Å². The minimum Gasteiger partial charge on any atom is -0.294 e. The summed E-state index contributed by atoms with van der Waals surface area (Å²) in [5.41, 5.74) is -4.98. The summed E-state index contributed by atoms with van der Waals surface area (Å²) in [6.45, 7) is 0. The van der Waals surface area contributed by atoms with Crippen molar-refractivity contribution in [3.05, 3.63) is 57.8 Å². The number of benzene rings is 2. The molecule has 0 fully saturated rings. The Labute approximate surface area is 172 Å². The fourth-order valence-electron chi connectivity index (χ4n) is 2.24. The van der Waals surface area contributed by atoms with Crippen LogP contribution in [0.1, 0.15) is 10.4 Å². The molecule has 28 heavy (non-hydrogen) atoms. The van der Waals surface area contributed by atoms with E-state index in [0.29, 0.717) is 11.0 Å². The van der Waals surface area contributed by atoms with Gasteiger partial charge in [-0.3, -0.25) is 14.6 Å². The highest BCUT2D eigenvalue weighted by atomic mass is 35.5. The van der Waals surface area contributed by atoms with Gasteiger partial charge in [-0.1, -0.05) is 29.3 Å². The monoisotopic (exact) mass is 454 g/mol. The van der Waals surface area contributed by atoms with E-state index in [-0.39, 0.29) is 26.2 Å². The van der Waals surface area contributed by atoms with Gasteiger partial charge >= 0.3 is 11.5 Å². The molecule has 0 heterocycles. The lowest BCUT2D eigenvalue weighted by Crippen LogP contribution is -2.42. The molecule has 0 bridgehead atoms. The molecule has 0 aliphatic rings. The van der Waals surface area contributed by atoms with E-state index in [2.05, 4.69) is 0 Å². The molecular formula is C17H12Cl2F4N2O2S. The molecule has 0 saturated carbocycles. The molecule has 11 heteroatoms. The summed E-state index contributed by atoms with van der Waals surface area (Å²) in [7, 11) is 2.32. The molecular weight excluding hydrogens is 443 g/mol. The van der Waals surface area contributed by atoms with E-state index < -0.39 is 35.0 Å². The van der Waals surface area contributed by atoms with Crippen molar-refractivity contribution >= 4 is 52.6 Å². The molecule has 0 unspecified atom stereocenters. The zero-order valence-corrected chi connectivity index (χ0v) is 16.7. The fraction of sp³-hybridized carbons (Fsp3) is 0.176. The van der Waals surface area contributed by atoms with Crippen LogP contribution in [0.4, 0.5) is 28.0 Å². The largest absolute Gasteiger partial charge is 0.446 e. The second kappa shape index (κ2) is 8.59. The molecule has 0 atom stereocenters. The normalized spacial score (nSPS) is 11.3. The number of carbonyl (C=O) groups is 2. The Morgan fingerprint density at radius 2 is 1.61 bits per heavy atom. The second-order valence-corrected chi connectivity index (χ2v) is 7.42. The maximum atomic E-state index is 14.2. The summed E-state index contributed by atoms with van der Waals surface area (Å²) in [5.74, 6) is -1.88. The first-order valence-corrected chi connectivity index (χ1v) is 9.04. The SMILES string of the molecule is CN(C(=O)c1c(Cl)cccc1Cl)C(=O)N(C)c1ccc(SC(F)(F)F)cc1F. The number of halogens is 6. The number of urea groups is 1. The number of rotatable bonds is 3. The van der Waals surface area contributed by atoms with Crippen LogP contribution in [-0.4, -0.2) is 36.4 Å². The summed E-state index contributed by atoms with van der Waals surface area (Å²) in [6.07, 6.45) is 0. The molecule has 2 aromatic carbocycles. The first-order valence-electron chi connectivity index (χ1n) is 7.47. The fourth-order valence-corrected chi connectivity index (χ4v) is 3.37. The van der Waals surface area contributed by atoms with Crippen molar-refractivity contribution in [2.75, 3.05) is 19.0 Å². The maximum absolute atomic E-state index is 14.2. The molecule has 0 aromatic heterocycles. The molecule has 0 N–H and O–H groups in total. The molecule has 0 spiro atoms. The summed E-state index contributed by atoms with van der Waals surface area (Å²) < 4.78 is 51.4. The van der Waals surface area contributed by atoms with Gasteiger partial charge in [0, 0.05) is 19.0 Å². The van der Waals surface area contributed by atoms with Gasteiger partial charge in [0.15, 0.2) is 0 Å². The number of alkyl halides is 3. The van der Waals surface area contributed by atoms with Gasteiger partial charge in [-0.2, -0.15) is 13.2 Å². The van der Waals surface area contributed by atoms with Crippen molar-refractivity contribution in [2.24, 2.45) is 0 Å². The van der Waals surface area contributed by atoms with E-state index in [1.54, 1.807) is 0 Å². The number of hydrogen-bond acceptors (Lipinski definition) is 3. The van der Waals surface area contributed by atoms with Crippen LogP contribution in [-0.2, 0) is 0 Å². The number of carbonyl (C=O) groups excluding carboxylic acids is 2. The standard InChI is InChI=1S/C17H12Cl2F4N2O2S/c1-24(13-7-6-9(8-12(13)20)28-17(21,22)23)16(27)25(2)15(26)14-10(18)4-3-5-11(14)19/h3-8H,1-2H3. The Morgan fingerprint density at radius 3 is 2.11 bits per heavy atom. The molecule has 4 nitrogen and oxygen atoms in total. The summed E-state index contributed by atoms with van der Waals surface area (Å²) in [5, 5.41) is 0.0547. The van der Waals surface area contributed by atoms with Crippen molar-refractivity contribution in [1.29, 1.82) is 0 Å². The van der Waals surface area contributed by atoms with E-state index >= 15 is 0 Å². The number of anilines is 1. The average Bonchev–Trinajstić information content (AvgIpc) is 2.58. The first-order chi connectivity index (χ1) is 12.9. The highest BCUT2D eigenvalue weighted by Crippen LogP contribution is 2.38. The highest BCUT2D eigenvalue weighted by molar-refractivity contribution is 8.00. The van der Waals surface area contributed by atoms with Crippen LogP contribution in [0.25, 0.3) is 0 Å². The van der Waals surface area contributed by atoms with Gasteiger partial charge in [0.2, 0.25) is 0 Å². The van der Waals surface area contributed by atoms with Crippen LogP contribution in [0.5, 0.6) is 0 Å². The van der Waals surface area contributed by atoms with E-state index in [0.717, 1.165) is 24.1 Å². The third kappa shape index (κ3) is 5.09. The number of thioether (sulfide) groups is 1. The van der Waals surface area contributed by atoms with Gasteiger partial charge in [-0.25, -0.2) is 9.18 Å². The van der Waals surface area contributed by atoms with Crippen molar-refractivity contribution in [3.8, 4) is 0 Å². The Morgan fingerprint density at radius 1 is 1.04 bits per heavy atom. The van der Waals surface area contributed by atoms with Crippen LogP contribution in [0, 0.1) is 5.82 Å². The predicted octanol–water partition coefficient (Wildman–Crippen LogP) is 6.07. The molecule has 0 aliphatic heterocycles. The summed E-state index contributed by atoms with van der Waals surface area (Å²) in [6, 6.07) is 6.11. The number of nitrogens with zero attached hydrogens (tertiary/aromatic N) is 2. The van der Waals surface area contributed by atoms with Crippen molar-refractivity contribution < 1.29 is 27.2 Å². The molecule has 0 radical (unpaired) electrons. The zero-order valence-electron chi connectivity index (χ0n) is 14.4. The number of hydrogen-bond donors (Lipinski definition) is 0. The molecule has 2 rings (SSSR count). The highest BCUT2D eigenvalue weighted by Gasteiger charge is 2.31. The Bertz CT molecular complexity index is 904. The van der Waals surface area contributed by atoms with E-state index in [4.69, 9.17) is 23.2 Å². The predicted molar refractivity (Wildman–Crippen MR) is 101 cm³/mol. The van der Waals surface area contributed by atoms with Crippen molar-refractivity contribution in [3.63, 3.8) is 0 Å². The average molecular weight is 455 g/mol. The molecule has 3 amide bonds. The quantitative estimate of drug-likeness (QED) is 0.417. The number of imide groups is 1. The summed E-state index contributed by atoms with van der Waals surface area (Å²) in [4.78, 5) is 26.2. The van der Waals surface area contributed by atoms with Crippen molar-refractivity contribution in [1.82, 2.24) is 4.90 Å². The second-order valence-electron chi connectivity index (χ2n) is 5.46. The third-order valence-corrected chi connectivity index (χ3v) is 4.92. The Kier molecular flexibility index (Phi) is 6.84. The molecule has 150 valence electrons. The lowest BCUT2D eigenvalue weighted by Gasteiger charge is -2.24. The first kappa shape index (κ1) is 22.3. The Hall–Kier alpha value is -1.97. The summed E-state index contributed by atoms with van der Waals surface area (Å²) >= 11 is 11.4. The number of amides is 3. The van der Waals surface area contributed by atoms with E-state index in [1.165, 1.54) is 25.2 Å². The molecule has 0 saturated heterocycles. The topological polar surface area (TPSA) is 40.6 Å². The van der Waals surface area contributed by atoms with Crippen LogP contribution < -0.4 is 4.90 Å².